The van der Waals surface area contributed by atoms with E-state index in [0.29, 0.717) is 46.1 Å². The van der Waals surface area contributed by atoms with Gasteiger partial charge in [0.1, 0.15) is 5.75 Å². The Morgan fingerprint density at radius 2 is 1.56 bits per heavy atom. The maximum absolute atomic E-state index is 14.3. The number of carbonyl (C=O) groups is 2. The molecule has 0 spiro atoms. The molecule has 0 aromatic heterocycles. The Labute approximate surface area is 269 Å². The van der Waals surface area contributed by atoms with Gasteiger partial charge in [-0.3, -0.25) is 9.59 Å². The summed E-state index contributed by atoms with van der Waals surface area (Å²) in [6.07, 6.45) is -0.323. The van der Waals surface area contributed by atoms with Crippen molar-refractivity contribution in [2.75, 3.05) is 24.5 Å². The quantitative estimate of drug-likeness (QED) is 0.242. The van der Waals surface area contributed by atoms with Crippen molar-refractivity contribution in [3.63, 3.8) is 0 Å². The van der Waals surface area contributed by atoms with Gasteiger partial charge in [0, 0.05) is 18.1 Å². The molecule has 5 rings (SSSR count). The highest BCUT2D eigenvalue weighted by atomic mass is 35.5. The average molecular weight is 646 g/mol. The first-order valence-corrected chi connectivity index (χ1v) is 16.5. The summed E-state index contributed by atoms with van der Waals surface area (Å²) in [7, 11) is -4.12. The van der Waals surface area contributed by atoms with E-state index in [2.05, 4.69) is 5.32 Å². The number of amides is 2. The molecule has 8 nitrogen and oxygen atoms in total. The SMILES string of the molecule is Cc1cc(C)c(S(=O)(=O)N(CC(=O)N2CC(C(=O)NCCc3ccccc3)Oc3ccccc32)Cc2ccc(Cl)cc2)c(C)c1. The molecule has 0 fully saturated rings. The van der Waals surface area contributed by atoms with Crippen molar-refractivity contribution in [2.45, 2.75) is 44.7 Å². The molecule has 4 aromatic rings. The first-order valence-electron chi connectivity index (χ1n) is 14.7. The molecule has 0 saturated heterocycles. The van der Waals surface area contributed by atoms with Crippen molar-refractivity contribution in [1.82, 2.24) is 9.62 Å². The van der Waals surface area contributed by atoms with E-state index >= 15 is 0 Å². The van der Waals surface area contributed by atoms with Crippen molar-refractivity contribution in [3.05, 3.63) is 124 Å². The minimum absolute atomic E-state index is 0.0482. The first-order chi connectivity index (χ1) is 21.5. The molecule has 1 unspecified atom stereocenters. The second-order valence-electron chi connectivity index (χ2n) is 11.2. The van der Waals surface area contributed by atoms with Crippen LogP contribution in [0.3, 0.4) is 0 Å². The molecule has 234 valence electrons. The number of anilines is 1. The summed E-state index contributed by atoms with van der Waals surface area (Å²) < 4.78 is 35.7. The minimum atomic E-state index is -4.12. The number of aryl methyl sites for hydroxylation is 3. The van der Waals surface area contributed by atoms with Crippen LogP contribution in [0.2, 0.25) is 5.02 Å². The van der Waals surface area contributed by atoms with Crippen LogP contribution in [0.5, 0.6) is 5.75 Å². The number of hydrogen-bond acceptors (Lipinski definition) is 5. The van der Waals surface area contributed by atoms with E-state index in [-0.39, 0.29) is 23.9 Å². The van der Waals surface area contributed by atoms with Crippen molar-refractivity contribution < 1.29 is 22.7 Å². The van der Waals surface area contributed by atoms with E-state index in [9.17, 15) is 18.0 Å². The molecule has 0 saturated carbocycles. The van der Waals surface area contributed by atoms with Crippen LogP contribution < -0.4 is 15.0 Å². The van der Waals surface area contributed by atoms with Crippen LogP contribution in [0.4, 0.5) is 5.69 Å². The Morgan fingerprint density at radius 1 is 0.911 bits per heavy atom. The Balaban J connectivity index is 1.41. The van der Waals surface area contributed by atoms with Gasteiger partial charge in [0.25, 0.3) is 5.91 Å². The minimum Gasteiger partial charge on any atom is -0.477 e. The Kier molecular flexibility index (Phi) is 9.92. The van der Waals surface area contributed by atoms with E-state index in [1.54, 1.807) is 62.4 Å². The summed E-state index contributed by atoms with van der Waals surface area (Å²) in [6, 6.07) is 27.2. The third-order valence-electron chi connectivity index (χ3n) is 7.71. The smallest absolute Gasteiger partial charge is 0.262 e. The van der Waals surface area contributed by atoms with Crippen LogP contribution in [-0.4, -0.2) is 50.3 Å². The zero-order valence-corrected chi connectivity index (χ0v) is 27.1. The summed E-state index contributed by atoms with van der Waals surface area (Å²) in [5.41, 5.74) is 4.39. The van der Waals surface area contributed by atoms with Gasteiger partial charge in [0.15, 0.2) is 6.10 Å². The number of sulfonamides is 1. The molecule has 0 radical (unpaired) electrons. The summed E-state index contributed by atoms with van der Waals surface area (Å²) >= 11 is 6.09. The standard InChI is InChI=1S/C35H36ClN3O5S/c1-24-19-25(2)34(26(3)20-24)45(42,43)38(21-28-13-15-29(36)16-14-28)23-33(40)39-22-32(44-31-12-8-7-11-30(31)39)35(41)37-18-17-27-9-5-4-6-10-27/h4-16,19-20,32H,17-18,21-23H2,1-3H3,(H,37,41). The molecule has 0 aliphatic carbocycles. The average Bonchev–Trinajstić information content (AvgIpc) is 3.01. The number of ether oxygens (including phenoxy) is 1. The normalized spacial score (nSPS) is 14.5. The molecule has 2 amide bonds. The molecule has 10 heteroatoms. The molecule has 1 atom stereocenters. The number of nitrogens with zero attached hydrogens (tertiary/aromatic N) is 2. The van der Waals surface area contributed by atoms with E-state index in [4.69, 9.17) is 16.3 Å². The molecule has 1 aliphatic rings. The number of rotatable bonds is 10. The number of halogens is 1. The number of para-hydroxylation sites is 2. The van der Waals surface area contributed by atoms with Crippen LogP contribution in [0.25, 0.3) is 0 Å². The van der Waals surface area contributed by atoms with Crippen LogP contribution in [0, 0.1) is 20.8 Å². The van der Waals surface area contributed by atoms with Gasteiger partial charge in [-0.15, -0.1) is 0 Å². The van der Waals surface area contributed by atoms with E-state index in [1.807, 2.05) is 49.4 Å². The number of fused-ring (bicyclic) bond motifs is 1. The first kappa shape index (κ1) is 32.2. The van der Waals surface area contributed by atoms with Gasteiger partial charge in [0.2, 0.25) is 15.9 Å². The van der Waals surface area contributed by atoms with Crippen LogP contribution in [0.1, 0.15) is 27.8 Å². The van der Waals surface area contributed by atoms with Crippen molar-refractivity contribution in [2.24, 2.45) is 0 Å². The monoisotopic (exact) mass is 645 g/mol. The van der Waals surface area contributed by atoms with Gasteiger partial charge in [-0.25, -0.2) is 8.42 Å². The van der Waals surface area contributed by atoms with Crippen molar-refractivity contribution in [3.8, 4) is 5.75 Å². The number of benzene rings is 4. The molecule has 1 heterocycles. The Morgan fingerprint density at radius 3 is 2.24 bits per heavy atom. The second kappa shape index (κ2) is 13.9. The van der Waals surface area contributed by atoms with E-state index < -0.39 is 28.6 Å². The molecule has 4 aromatic carbocycles. The van der Waals surface area contributed by atoms with Gasteiger partial charge < -0.3 is 15.0 Å². The number of carbonyl (C=O) groups excluding carboxylic acids is 2. The van der Waals surface area contributed by atoms with Gasteiger partial charge >= 0.3 is 0 Å². The third kappa shape index (κ3) is 7.56. The summed E-state index contributed by atoms with van der Waals surface area (Å²) in [6.45, 7) is 5.27. The van der Waals surface area contributed by atoms with Crippen LogP contribution in [0.15, 0.2) is 95.9 Å². The lowest BCUT2D eigenvalue weighted by Crippen LogP contribution is -2.53. The Bertz CT molecular complexity index is 1770. The lowest BCUT2D eigenvalue weighted by Gasteiger charge is -2.35. The maximum Gasteiger partial charge on any atom is 0.262 e. The predicted molar refractivity (Wildman–Crippen MR) is 176 cm³/mol. The lowest BCUT2D eigenvalue weighted by molar-refractivity contribution is -0.128. The van der Waals surface area contributed by atoms with E-state index in [0.717, 1.165) is 11.1 Å². The van der Waals surface area contributed by atoms with Crippen molar-refractivity contribution in [1.29, 1.82) is 0 Å². The highest BCUT2D eigenvalue weighted by Gasteiger charge is 2.37. The van der Waals surface area contributed by atoms with E-state index in [1.165, 1.54) is 9.21 Å². The van der Waals surface area contributed by atoms with Gasteiger partial charge in [0.05, 0.1) is 23.7 Å². The molecule has 1 aliphatic heterocycles. The molecule has 45 heavy (non-hydrogen) atoms. The molecule has 0 bridgehead atoms. The zero-order chi connectivity index (χ0) is 32.1. The fourth-order valence-electron chi connectivity index (χ4n) is 5.65. The fourth-order valence-corrected chi connectivity index (χ4v) is 7.57. The van der Waals surface area contributed by atoms with Crippen LogP contribution >= 0.6 is 11.6 Å². The molecule has 1 N–H and O–H groups in total. The predicted octanol–water partition coefficient (Wildman–Crippen LogP) is 5.61. The largest absolute Gasteiger partial charge is 0.477 e. The highest BCUT2D eigenvalue weighted by Crippen LogP contribution is 2.34. The highest BCUT2D eigenvalue weighted by molar-refractivity contribution is 7.89. The van der Waals surface area contributed by atoms with Gasteiger partial charge in [-0.05, 0) is 73.7 Å². The summed E-state index contributed by atoms with van der Waals surface area (Å²) in [5, 5.41) is 3.43. The number of nitrogens with one attached hydrogen (secondary N) is 1. The molecular formula is C35H36ClN3O5S. The summed E-state index contributed by atoms with van der Waals surface area (Å²) in [4.78, 5) is 28.9. The zero-order valence-electron chi connectivity index (χ0n) is 25.5. The summed E-state index contributed by atoms with van der Waals surface area (Å²) in [5.74, 6) is -0.458. The lowest BCUT2D eigenvalue weighted by atomic mass is 10.1. The second-order valence-corrected chi connectivity index (χ2v) is 13.5. The van der Waals surface area contributed by atoms with Gasteiger partial charge in [-0.1, -0.05) is 83.9 Å². The Hall–Kier alpha value is -4.18. The van der Waals surface area contributed by atoms with Gasteiger partial charge in [-0.2, -0.15) is 4.31 Å². The van der Waals surface area contributed by atoms with Crippen LogP contribution in [-0.2, 0) is 32.6 Å². The topological polar surface area (TPSA) is 96.0 Å². The number of hydrogen-bond donors (Lipinski definition) is 1. The fraction of sp³-hybridized carbons (Fsp3) is 0.257. The van der Waals surface area contributed by atoms with Crippen molar-refractivity contribution >= 4 is 39.1 Å². The third-order valence-corrected chi connectivity index (χ3v) is 10.1. The maximum atomic E-state index is 14.3. The molecular weight excluding hydrogens is 610 g/mol.